The fourth-order valence-electron chi connectivity index (χ4n) is 4.45. The van der Waals surface area contributed by atoms with Crippen molar-refractivity contribution >= 4 is 23.7 Å². The van der Waals surface area contributed by atoms with Gasteiger partial charge in [-0.3, -0.25) is 9.59 Å². The summed E-state index contributed by atoms with van der Waals surface area (Å²) in [5.41, 5.74) is 2.11. The van der Waals surface area contributed by atoms with Crippen LogP contribution >= 0.6 is 0 Å². The van der Waals surface area contributed by atoms with Crippen LogP contribution in [0.15, 0.2) is 97.6 Å². The summed E-state index contributed by atoms with van der Waals surface area (Å²) in [7, 11) is 0. The van der Waals surface area contributed by atoms with Gasteiger partial charge in [0, 0.05) is 24.8 Å². The van der Waals surface area contributed by atoms with E-state index in [4.69, 9.17) is 0 Å². The Bertz CT molecular complexity index is 981. The number of nitrogens with zero attached hydrogens (tertiary/aromatic N) is 2. The monoisotopic (exact) mass is 394 g/mol. The van der Waals surface area contributed by atoms with E-state index in [1.807, 2.05) is 120 Å². The van der Waals surface area contributed by atoms with Gasteiger partial charge >= 0.3 is 0 Å². The van der Waals surface area contributed by atoms with Crippen LogP contribution in [0.3, 0.4) is 0 Å². The zero-order valence-electron chi connectivity index (χ0n) is 16.4. The Morgan fingerprint density at radius 1 is 0.600 bits per heavy atom. The third kappa shape index (κ3) is 3.20. The van der Waals surface area contributed by atoms with Crippen LogP contribution in [0.1, 0.15) is 11.1 Å². The molecule has 0 radical (unpaired) electrons. The standard InChI is InChI=1S/C26H22N2O2/c29-25-22-13-17-27(15-11-19-7-3-1-4-8-19)23(25)21-14-18-28(24(22)26(21)30)16-12-20-9-5-2-6-10-20/h1-18,21-24H/b15-11+,16-12+. The SMILES string of the molecule is O=C1C2C=CN(/C=C/c3ccccc3)C1C1C=CN(/C=C/c3ccccc3)C2C1=O. The van der Waals surface area contributed by atoms with Gasteiger partial charge in [-0.15, -0.1) is 0 Å². The van der Waals surface area contributed by atoms with Crippen molar-refractivity contribution in [1.29, 1.82) is 0 Å². The number of Topliss-reactive ketones (excluding diaryl/α,β-unsaturated/α-hetero) is 2. The van der Waals surface area contributed by atoms with E-state index in [0.717, 1.165) is 11.1 Å². The summed E-state index contributed by atoms with van der Waals surface area (Å²) in [5, 5.41) is 0. The molecule has 2 aromatic carbocycles. The molecule has 3 aliphatic rings. The molecule has 30 heavy (non-hydrogen) atoms. The highest BCUT2D eigenvalue weighted by molar-refractivity contribution is 6.06. The lowest BCUT2D eigenvalue weighted by Crippen LogP contribution is -2.63. The maximum atomic E-state index is 13.2. The van der Waals surface area contributed by atoms with Crippen molar-refractivity contribution < 1.29 is 9.59 Å². The van der Waals surface area contributed by atoms with Crippen molar-refractivity contribution in [3.63, 3.8) is 0 Å². The van der Waals surface area contributed by atoms with Gasteiger partial charge in [0.1, 0.15) is 12.1 Å². The van der Waals surface area contributed by atoms with Crippen LogP contribution in [0.2, 0.25) is 0 Å². The first-order chi connectivity index (χ1) is 14.7. The Morgan fingerprint density at radius 2 is 1.00 bits per heavy atom. The number of carbonyl (C=O) groups excluding carboxylic acids is 2. The molecule has 1 saturated carbocycles. The van der Waals surface area contributed by atoms with Crippen LogP contribution in [0, 0.1) is 11.8 Å². The van der Waals surface area contributed by atoms with Crippen LogP contribution in [0.4, 0.5) is 0 Å². The van der Waals surface area contributed by atoms with E-state index >= 15 is 0 Å². The highest BCUT2D eigenvalue weighted by atomic mass is 16.1. The zero-order chi connectivity index (χ0) is 20.5. The predicted molar refractivity (Wildman–Crippen MR) is 117 cm³/mol. The largest absolute Gasteiger partial charge is 0.343 e. The first-order valence-electron chi connectivity index (χ1n) is 10.2. The molecule has 0 amide bonds. The molecule has 4 unspecified atom stereocenters. The van der Waals surface area contributed by atoms with Gasteiger partial charge < -0.3 is 9.80 Å². The van der Waals surface area contributed by atoms with Crippen LogP contribution in [-0.2, 0) is 9.59 Å². The second kappa shape index (κ2) is 7.64. The number of ketones is 2. The van der Waals surface area contributed by atoms with Crippen LogP contribution in [0.25, 0.3) is 12.2 Å². The van der Waals surface area contributed by atoms with Crippen LogP contribution in [0.5, 0.6) is 0 Å². The Kier molecular flexibility index (Phi) is 4.68. The molecule has 148 valence electrons. The zero-order valence-corrected chi connectivity index (χ0v) is 16.4. The quantitative estimate of drug-likeness (QED) is 0.783. The Morgan fingerprint density at radius 3 is 1.40 bits per heavy atom. The Hall–Kier alpha value is -3.66. The first kappa shape index (κ1) is 18.4. The maximum Gasteiger partial charge on any atom is 0.166 e. The molecule has 0 aromatic heterocycles. The number of hydrogen-bond acceptors (Lipinski definition) is 4. The van der Waals surface area contributed by atoms with Gasteiger partial charge in [0.2, 0.25) is 0 Å². The van der Waals surface area contributed by atoms with E-state index in [1.165, 1.54) is 0 Å². The normalized spacial score (nSPS) is 27.5. The average Bonchev–Trinajstić information content (AvgIpc) is 2.78. The number of hydrogen-bond donors (Lipinski definition) is 0. The molecule has 2 aliphatic heterocycles. The van der Waals surface area contributed by atoms with Crippen molar-refractivity contribution in [2.75, 3.05) is 0 Å². The summed E-state index contributed by atoms with van der Waals surface area (Å²) in [5.74, 6) is -0.643. The van der Waals surface area contributed by atoms with E-state index in [-0.39, 0.29) is 11.6 Å². The molecule has 0 spiro atoms. The van der Waals surface area contributed by atoms with Gasteiger partial charge in [-0.1, -0.05) is 72.8 Å². The summed E-state index contributed by atoms with van der Waals surface area (Å²) < 4.78 is 0. The van der Waals surface area contributed by atoms with E-state index < -0.39 is 23.9 Å². The molecular weight excluding hydrogens is 372 g/mol. The molecule has 4 heteroatoms. The summed E-state index contributed by atoms with van der Waals surface area (Å²) in [4.78, 5) is 30.2. The molecule has 5 rings (SSSR count). The molecule has 1 aliphatic carbocycles. The van der Waals surface area contributed by atoms with Crippen molar-refractivity contribution in [2.24, 2.45) is 11.8 Å². The van der Waals surface area contributed by atoms with Crippen molar-refractivity contribution in [2.45, 2.75) is 12.1 Å². The molecule has 0 saturated heterocycles. The lowest BCUT2D eigenvalue weighted by Gasteiger charge is -2.48. The summed E-state index contributed by atoms with van der Waals surface area (Å²) in [6.45, 7) is 0. The Balaban J connectivity index is 1.42. The average molecular weight is 394 g/mol. The molecule has 4 bridgehead atoms. The predicted octanol–water partition coefficient (Wildman–Crippen LogP) is 4.11. The minimum Gasteiger partial charge on any atom is -0.343 e. The van der Waals surface area contributed by atoms with Crippen molar-refractivity contribution in [1.82, 2.24) is 9.80 Å². The van der Waals surface area contributed by atoms with Crippen molar-refractivity contribution in [3.05, 3.63) is 109 Å². The fraction of sp³-hybridized carbons (Fsp3) is 0.154. The molecule has 2 heterocycles. The number of carbonyl (C=O) groups is 2. The van der Waals surface area contributed by atoms with Gasteiger partial charge in [-0.25, -0.2) is 0 Å². The van der Waals surface area contributed by atoms with Gasteiger partial charge in [0.15, 0.2) is 11.6 Å². The van der Waals surface area contributed by atoms with Gasteiger partial charge in [-0.05, 0) is 23.3 Å². The molecule has 4 nitrogen and oxygen atoms in total. The lowest BCUT2D eigenvalue weighted by atomic mass is 9.69. The fourth-order valence-corrected chi connectivity index (χ4v) is 4.45. The maximum absolute atomic E-state index is 13.2. The summed E-state index contributed by atoms with van der Waals surface area (Å²) in [6, 6.07) is 18.9. The number of rotatable bonds is 4. The smallest absolute Gasteiger partial charge is 0.166 e. The molecule has 2 aromatic rings. The second-order valence-corrected chi connectivity index (χ2v) is 7.78. The Labute approximate surface area is 176 Å². The molecule has 0 N–H and O–H groups in total. The van der Waals surface area contributed by atoms with Crippen molar-refractivity contribution in [3.8, 4) is 0 Å². The summed E-state index contributed by atoms with van der Waals surface area (Å²) in [6.07, 6.45) is 15.4. The number of benzene rings is 2. The lowest BCUT2D eigenvalue weighted by molar-refractivity contribution is -0.144. The first-order valence-corrected chi connectivity index (χ1v) is 10.2. The van der Waals surface area contributed by atoms with Crippen LogP contribution < -0.4 is 0 Å². The number of fused-ring (bicyclic) bond motifs is 6. The van der Waals surface area contributed by atoms with E-state index in [0.29, 0.717) is 0 Å². The molecular formula is C26H22N2O2. The minimum absolute atomic E-state index is 0.104. The summed E-state index contributed by atoms with van der Waals surface area (Å²) >= 11 is 0. The third-order valence-electron chi connectivity index (χ3n) is 5.97. The van der Waals surface area contributed by atoms with Gasteiger partial charge in [0.05, 0.1) is 11.8 Å². The third-order valence-corrected chi connectivity index (χ3v) is 5.97. The highest BCUT2D eigenvalue weighted by Crippen LogP contribution is 2.39. The van der Waals surface area contributed by atoms with E-state index in [1.54, 1.807) is 0 Å². The van der Waals surface area contributed by atoms with Gasteiger partial charge in [0.25, 0.3) is 0 Å². The van der Waals surface area contributed by atoms with E-state index in [2.05, 4.69) is 0 Å². The van der Waals surface area contributed by atoms with Crippen LogP contribution in [-0.4, -0.2) is 33.4 Å². The minimum atomic E-state index is -0.472. The second-order valence-electron chi connectivity index (χ2n) is 7.78. The molecule has 4 atom stereocenters. The topological polar surface area (TPSA) is 40.6 Å². The van der Waals surface area contributed by atoms with Gasteiger partial charge in [-0.2, -0.15) is 0 Å². The highest BCUT2D eigenvalue weighted by Gasteiger charge is 2.54. The molecule has 1 fully saturated rings. The van der Waals surface area contributed by atoms with E-state index in [9.17, 15) is 9.59 Å².